The topological polar surface area (TPSA) is 98.8 Å². The van der Waals surface area contributed by atoms with Crippen LogP contribution in [0.2, 0.25) is 5.02 Å². The molecule has 1 N–H and O–H groups in total. The zero-order valence-corrected chi connectivity index (χ0v) is 16.5. The van der Waals surface area contributed by atoms with Crippen LogP contribution in [0.1, 0.15) is 33.2 Å². The summed E-state index contributed by atoms with van der Waals surface area (Å²) in [4.78, 5) is 23.6. The highest BCUT2D eigenvalue weighted by atomic mass is 35.5. The number of ether oxygens (including phenoxy) is 2. The molecule has 2 aromatic rings. The normalized spacial score (nSPS) is 11.1. The van der Waals surface area contributed by atoms with Gasteiger partial charge in [0.1, 0.15) is 17.3 Å². The van der Waals surface area contributed by atoms with E-state index >= 15 is 0 Å². The lowest BCUT2D eigenvalue weighted by Gasteiger charge is -2.11. The molecule has 2 rings (SSSR count). The van der Waals surface area contributed by atoms with E-state index in [2.05, 4.69) is 4.72 Å². The molecule has 7 nitrogen and oxygen atoms in total. The highest BCUT2D eigenvalue weighted by Gasteiger charge is 2.19. The quantitative estimate of drug-likeness (QED) is 0.555. The fourth-order valence-corrected chi connectivity index (χ4v) is 3.53. The van der Waals surface area contributed by atoms with Crippen molar-refractivity contribution in [1.29, 1.82) is 0 Å². The van der Waals surface area contributed by atoms with Crippen molar-refractivity contribution < 1.29 is 27.5 Å². The SMILES string of the molecule is CNS(=O)(=O)c1cc(C(=O)OCc2cc(C(C)=O)ccc2OC)ccc1Cl. The standard InChI is InChI=1S/C18H18ClNO6S/c1-11(21)12-5-7-16(25-3)14(8-12)10-26-18(22)13-4-6-15(19)17(9-13)27(23,24)20-2/h4-9,20H,10H2,1-3H3. The van der Waals surface area contributed by atoms with Crippen LogP contribution in [0.25, 0.3) is 0 Å². The van der Waals surface area contributed by atoms with Crippen LogP contribution in [-0.4, -0.2) is 34.3 Å². The Hall–Kier alpha value is -2.42. The van der Waals surface area contributed by atoms with Crippen LogP contribution in [0, 0.1) is 0 Å². The summed E-state index contributed by atoms with van der Waals surface area (Å²) in [6, 6.07) is 8.61. The smallest absolute Gasteiger partial charge is 0.338 e. The molecule has 2 aromatic carbocycles. The van der Waals surface area contributed by atoms with Gasteiger partial charge in [-0.25, -0.2) is 17.9 Å². The molecule has 0 atom stereocenters. The first-order valence-corrected chi connectivity index (χ1v) is 9.63. The van der Waals surface area contributed by atoms with Gasteiger partial charge in [-0.1, -0.05) is 11.6 Å². The molecule has 0 aliphatic heterocycles. The van der Waals surface area contributed by atoms with Crippen LogP contribution in [0.15, 0.2) is 41.3 Å². The minimum absolute atomic E-state index is 0.0169. The fraction of sp³-hybridized carbons (Fsp3) is 0.222. The summed E-state index contributed by atoms with van der Waals surface area (Å²) in [6.45, 7) is 1.27. The van der Waals surface area contributed by atoms with Crippen LogP contribution < -0.4 is 9.46 Å². The number of benzene rings is 2. The Balaban J connectivity index is 2.25. The largest absolute Gasteiger partial charge is 0.496 e. The average molecular weight is 412 g/mol. The maximum absolute atomic E-state index is 12.3. The number of methoxy groups -OCH3 is 1. The van der Waals surface area contributed by atoms with E-state index in [4.69, 9.17) is 21.1 Å². The second kappa shape index (κ2) is 8.51. The molecule has 0 saturated carbocycles. The summed E-state index contributed by atoms with van der Waals surface area (Å²) in [6.07, 6.45) is 0. The number of Topliss-reactive ketones (excluding diaryl/α,β-unsaturated/α-hetero) is 1. The highest BCUT2D eigenvalue weighted by molar-refractivity contribution is 7.89. The van der Waals surface area contributed by atoms with Gasteiger partial charge in [0.15, 0.2) is 5.78 Å². The van der Waals surface area contributed by atoms with Crippen molar-refractivity contribution >= 4 is 33.4 Å². The van der Waals surface area contributed by atoms with E-state index in [0.717, 1.165) is 6.07 Å². The van der Waals surface area contributed by atoms with Crippen LogP contribution in [0.3, 0.4) is 0 Å². The maximum atomic E-state index is 12.3. The van der Waals surface area contributed by atoms with Crippen molar-refractivity contribution in [2.45, 2.75) is 18.4 Å². The number of hydrogen-bond donors (Lipinski definition) is 1. The van der Waals surface area contributed by atoms with Crippen LogP contribution in [-0.2, 0) is 21.4 Å². The first kappa shape index (κ1) is 20.9. The third-order valence-corrected chi connectivity index (χ3v) is 5.67. The Bertz CT molecular complexity index is 987. The lowest BCUT2D eigenvalue weighted by atomic mass is 10.1. The number of nitrogens with one attached hydrogen (secondary N) is 1. The summed E-state index contributed by atoms with van der Waals surface area (Å²) in [5.74, 6) is -0.415. The zero-order valence-electron chi connectivity index (χ0n) is 14.9. The van der Waals surface area contributed by atoms with E-state index in [1.54, 1.807) is 18.2 Å². The monoisotopic (exact) mass is 411 g/mol. The number of halogens is 1. The molecular weight excluding hydrogens is 394 g/mol. The van der Waals surface area contributed by atoms with Gasteiger partial charge in [-0.15, -0.1) is 0 Å². The molecule has 0 saturated heterocycles. The summed E-state index contributed by atoms with van der Waals surface area (Å²) in [5.41, 5.74) is 0.987. The fourth-order valence-electron chi connectivity index (χ4n) is 2.28. The van der Waals surface area contributed by atoms with Gasteiger partial charge in [-0.2, -0.15) is 0 Å². The summed E-state index contributed by atoms with van der Waals surface area (Å²) in [7, 11) is -1.12. The molecule has 0 fully saturated rings. The van der Waals surface area contributed by atoms with Gasteiger partial charge in [-0.3, -0.25) is 4.79 Å². The lowest BCUT2D eigenvalue weighted by Crippen LogP contribution is -2.19. The number of sulfonamides is 1. The molecule has 0 aliphatic carbocycles. The van der Waals surface area contributed by atoms with Gasteiger partial charge in [0.05, 0.1) is 17.7 Å². The second-order valence-electron chi connectivity index (χ2n) is 5.51. The van der Waals surface area contributed by atoms with Crippen molar-refractivity contribution in [3.63, 3.8) is 0 Å². The molecule has 0 spiro atoms. The molecule has 0 unspecified atom stereocenters. The van der Waals surface area contributed by atoms with Gasteiger partial charge < -0.3 is 9.47 Å². The minimum Gasteiger partial charge on any atom is -0.496 e. The molecule has 0 heterocycles. The van der Waals surface area contributed by atoms with E-state index in [1.165, 1.54) is 33.2 Å². The molecule has 0 amide bonds. The number of carbonyl (C=O) groups is 2. The van der Waals surface area contributed by atoms with Crippen molar-refractivity contribution in [3.8, 4) is 5.75 Å². The number of rotatable bonds is 7. The lowest BCUT2D eigenvalue weighted by molar-refractivity contribution is 0.0470. The summed E-state index contributed by atoms with van der Waals surface area (Å²) >= 11 is 5.90. The van der Waals surface area contributed by atoms with Crippen molar-refractivity contribution in [2.24, 2.45) is 0 Å². The predicted octanol–water partition coefficient (Wildman–Crippen LogP) is 2.82. The van der Waals surface area contributed by atoms with E-state index in [0.29, 0.717) is 16.9 Å². The zero-order chi connectivity index (χ0) is 20.2. The molecule has 9 heteroatoms. The van der Waals surface area contributed by atoms with Crippen LogP contribution >= 0.6 is 11.6 Å². The Morgan fingerprint density at radius 1 is 1.11 bits per heavy atom. The molecule has 144 valence electrons. The van der Waals surface area contributed by atoms with Gasteiger partial charge in [-0.05, 0) is 50.4 Å². The van der Waals surface area contributed by atoms with Gasteiger partial charge in [0.25, 0.3) is 0 Å². The Labute approximate surface area is 162 Å². The number of esters is 1. The molecule has 0 radical (unpaired) electrons. The van der Waals surface area contributed by atoms with Crippen LogP contribution in [0.4, 0.5) is 0 Å². The first-order chi connectivity index (χ1) is 12.7. The summed E-state index contributed by atoms with van der Waals surface area (Å²) < 4.78 is 36.5. The second-order valence-corrected chi connectivity index (χ2v) is 7.77. The minimum atomic E-state index is -3.83. The molecule has 0 aliphatic rings. The van der Waals surface area contributed by atoms with Gasteiger partial charge in [0.2, 0.25) is 10.0 Å². The van der Waals surface area contributed by atoms with E-state index < -0.39 is 16.0 Å². The number of ketones is 1. The van der Waals surface area contributed by atoms with E-state index in [1.807, 2.05) is 0 Å². The Kier molecular flexibility index (Phi) is 6.59. The van der Waals surface area contributed by atoms with E-state index in [9.17, 15) is 18.0 Å². The average Bonchev–Trinajstić information content (AvgIpc) is 2.65. The molecule has 27 heavy (non-hydrogen) atoms. The van der Waals surface area contributed by atoms with Crippen molar-refractivity contribution in [3.05, 3.63) is 58.1 Å². The molecule has 0 aromatic heterocycles. The van der Waals surface area contributed by atoms with Crippen molar-refractivity contribution in [2.75, 3.05) is 14.2 Å². The molecule has 0 bridgehead atoms. The van der Waals surface area contributed by atoms with Gasteiger partial charge >= 0.3 is 5.97 Å². The van der Waals surface area contributed by atoms with Gasteiger partial charge in [0, 0.05) is 11.1 Å². The Morgan fingerprint density at radius 2 is 1.78 bits per heavy atom. The Morgan fingerprint density at radius 3 is 2.37 bits per heavy atom. The maximum Gasteiger partial charge on any atom is 0.338 e. The summed E-state index contributed by atoms with van der Waals surface area (Å²) in [5, 5.41) is -0.0169. The van der Waals surface area contributed by atoms with Crippen molar-refractivity contribution in [1.82, 2.24) is 4.72 Å². The number of carbonyl (C=O) groups excluding carboxylic acids is 2. The first-order valence-electron chi connectivity index (χ1n) is 7.77. The predicted molar refractivity (Wildman–Crippen MR) is 99.8 cm³/mol. The number of hydrogen-bond acceptors (Lipinski definition) is 6. The third-order valence-electron chi connectivity index (χ3n) is 3.77. The molecular formula is C18H18ClNO6S. The van der Waals surface area contributed by atoms with E-state index in [-0.39, 0.29) is 27.9 Å². The third kappa shape index (κ3) is 4.85. The highest BCUT2D eigenvalue weighted by Crippen LogP contribution is 2.24. The van der Waals surface area contributed by atoms with Crippen LogP contribution in [0.5, 0.6) is 5.75 Å².